The van der Waals surface area contributed by atoms with Gasteiger partial charge in [0.25, 0.3) is 0 Å². The molecule has 1 aliphatic rings. The fourth-order valence-electron chi connectivity index (χ4n) is 2.99. The van der Waals surface area contributed by atoms with Crippen molar-refractivity contribution in [3.8, 4) is 0 Å². The highest BCUT2D eigenvalue weighted by Crippen LogP contribution is 2.32. The van der Waals surface area contributed by atoms with Crippen LogP contribution < -0.4 is 0 Å². The second kappa shape index (κ2) is 6.39. The van der Waals surface area contributed by atoms with Crippen molar-refractivity contribution in [1.29, 1.82) is 0 Å². The molecule has 1 N–H and O–H groups in total. The van der Waals surface area contributed by atoms with Crippen molar-refractivity contribution in [3.05, 3.63) is 0 Å². The number of aliphatic carboxylic acids is 1. The van der Waals surface area contributed by atoms with Gasteiger partial charge in [-0.1, -0.05) is 13.8 Å². The third kappa shape index (κ3) is 4.30. The van der Waals surface area contributed by atoms with Crippen LogP contribution in [0.2, 0.25) is 0 Å². The first-order valence-corrected chi connectivity index (χ1v) is 6.89. The molecule has 17 heavy (non-hydrogen) atoms. The number of hydrogen-bond acceptors (Lipinski definition) is 2. The first-order valence-electron chi connectivity index (χ1n) is 6.89. The van der Waals surface area contributed by atoms with E-state index in [-0.39, 0.29) is 6.54 Å². The van der Waals surface area contributed by atoms with Gasteiger partial charge in [0.2, 0.25) is 0 Å². The monoisotopic (exact) mass is 241 g/mol. The molecule has 3 heteroatoms. The highest BCUT2D eigenvalue weighted by atomic mass is 16.4. The van der Waals surface area contributed by atoms with E-state index in [0.29, 0.717) is 12.1 Å². The van der Waals surface area contributed by atoms with Gasteiger partial charge >= 0.3 is 5.97 Å². The lowest BCUT2D eigenvalue weighted by atomic mass is 9.79. The van der Waals surface area contributed by atoms with E-state index in [2.05, 4.69) is 32.6 Å². The summed E-state index contributed by atoms with van der Waals surface area (Å²) in [5.74, 6) is 0.901. The number of carboxylic acid groups (broad SMARTS) is 1. The third-order valence-corrected chi connectivity index (χ3v) is 4.13. The summed E-state index contributed by atoms with van der Waals surface area (Å²) in [7, 11) is 0. The number of nitrogens with zero attached hydrogens (tertiary/aromatic N) is 1. The molecule has 0 unspecified atom stereocenters. The standard InChI is InChI=1S/C14H27NO2/c1-10(2)12-5-7-13(8-6-12)15(11(3)4)9-14(16)17/h10-13H,5-9H2,1-4H3,(H,16,17). The molecule has 0 heterocycles. The molecule has 1 saturated carbocycles. The highest BCUT2D eigenvalue weighted by Gasteiger charge is 2.29. The number of hydrogen-bond donors (Lipinski definition) is 1. The lowest BCUT2D eigenvalue weighted by Crippen LogP contribution is -2.45. The van der Waals surface area contributed by atoms with Crippen LogP contribution in [0.4, 0.5) is 0 Å². The van der Waals surface area contributed by atoms with Crippen LogP contribution in [0.25, 0.3) is 0 Å². The fraction of sp³-hybridized carbons (Fsp3) is 0.929. The Balaban J connectivity index is 2.52. The molecule has 0 aromatic rings. The predicted molar refractivity (Wildman–Crippen MR) is 70.1 cm³/mol. The van der Waals surface area contributed by atoms with Crippen LogP contribution in [0.5, 0.6) is 0 Å². The zero-order valence-electron chi connectivity index (χ0n) is 11.6. The zero-order valence-corrected chi connectivity index (χ0v) is 11.6. The Kier molecular flexibility index (Phi) is 5.44. The average molecular weight is 241 g/mol. The molecule has 0 saturated heterocycles. The Hall–Kier alpha value is -0.570. The molecule has 1 rings (SSSR count). The molecule has 100 valence electrons. The van der Waals surface area contributed by atoms with E-state index in [1.54, 1.807) is 0 Å². The van der Waals surface area contributed by atoms with E-state index in [9.17, 15) is 4.79 Å². The summed E-state index contributed by atoms with van der Waals surface area (Å²) in [6, 6.07) is 0.799. The molecule has 0 bridgehead atoms. The van der Waals surface area contributed by atoms with E-state index < -0.39 is 5.97 Å². The molecule has 1 aliphatic carbocycles. The van der Waals surface area contributed by atoms with Gasteiger partial charge in [0.1, 0.15) is 0 Å². The Morgan fingerprint density at radius 3 is 2.06 bits per heavy atom. The number of carboxylic acids is 1. The summed E-state index contributed by atoms with van der Waals surface area (Å²) in [6.07, 6.45) is 4.83. The van der Waals surface area contributed by atoms with E-state index in [1.807, 2.05) is 0 Å². The maximum atomic E-state index is 10.9. The van der Waals surface area contributed by atoms with Crippen molar-refractivity contribution in [3.63, 3.8) is 0 Å². The summed E-state index contributed by atoms with van der Waals surface area (Å²) in [5, 5.41) is 8.96. The van der Waals surface area contributed by atoms with Crippen molar-refractivity contribution in [2.24, 2.45) is 11.8 Å². The van der Waals surface area contributed by atoms with Gasteiger partial charge in [0.15, 0.2) is 0 Å². The predicted octanol–water partition coefficient (Wildman–Crippen LogP) is 3.00. The topological polar surface area (TPSA) is 40.5 Å². The minimum atomic E-state index is -0.704. The molecule has 1 fully saturated rings. The van der Waals surface area contributed by atoms with E-state index in [1.165, 1.54) is 12.8 Å². The maximum Gasteiger partial charge on any atom is 0.317 e. The van der Waals surface area contributed by atoms with Crippen LogP contribution in [0, 0.1) is 11.8 Å². The van der Waals surface area contributed by atoms with Gasteiger partial charge < -0.3 is 5.11 Å². The van der Waals surface area contributed by atoms with Crippen molar-refractivity contribution in [1.82, 2.24) is 4.90 Å². The molecule has 0 aromatic carbocycles. The third-order valence-electron chi connectivity index (χ3n) is 4.13. The summed E-state index contributed by atoms with van der Waals surface area (Å²) < 4.78 is 0. The van der Waals surface area contributed by atoms with Crippen molar-refractivity contribution in [2.45, 2.75) is 65.5 Å². The molecular formula is C14H27NO2. The normalized spacial score (nSPS) is 25.8. The second-order valence-electron chi connectivity index (χ2n) is 5.97. The van der Waals surface area contributed by atoms with Gasteiger partial charge in [-0.05, 0) is 51.4 Å². The number of rotatable bonds is 5. The summed E-state index contributed by atoms with van der Waals surface area (Å²) >= 11 is 0. The quantitative estimate of drug-likeness (QED) is 0.804. The molecule has 0 amide bonds. The SMILES string of the molecule is CC(C)C1CCC(N(CC(=O)O)C(C)C)CC1. The van der Waals surface area contributed by atoms with Crippen LogP contribution in [0.15, 0.2) is 0 Å². The van der Waals surface area contributed by atoms with Gasteiger partial charge in [-0.3, -0.25) is 9.69 Å². The molecule has 0 atom stereocenters. The van der Waals surface area contributed by atoms with E-state index in [0.717, 1.165) is 24.7 Å². The van der Waals surface area contributed by atoms with Crippen molar-refractivity contribution in [2.75, 3.05) is 6.54 Å². The van der Waals surface area contributed by atoms with Crippen molar-refractivity contribution >= 4 is 5.97 Å². The average Bonchev–Trinajstić information content (AvgIpc) is 2.25. The Morgan fingerprint density at radius 2 is 1.71 bits per heavy atom. The second-order valence-corrected chi connectivity index (χ2v) is 5.97. The first-order chi connectivity index (χ1) is 7.91. The Morgan fingerprint density at radius 1 is 1.18 bits per heavy atom. The molecule has 0 spiro atoms. The molecule has 0 aliphatic heterocycles. The van der Waals surface area contributed by atoms with Gasteiger partial charge in [-0.2, -0.15) is 0 Å². The highest BCUT2D eigenvalue weighted by molar-refractivity contribution is 5.69. The lowest BCUT2D eigenvalue weighted by molar-refractivity contribution is -0.139. The van der Waals surface area contributed by atoms with Crippen LogP contribution in [-0.4, -0.2) is 34.6 Å². The first kappa shape index (κ1) is 14.5. The lowest BCUT2D eigenvalue weighted by Gasteiger charge is -2.39. The number of carbonyl (C=O) groups is 1. The van der Waals surface area contributed by atoms with Crippen LogP contribution in [-0.2, 0) is 4.79 Å². The maximum absolute atomic E-state index is 10.9. The largest absolute Gasteiger partial charge is 0.480 e. The van der Waals surface area contributed by atoms with E-state index >= 15 is 0 Å². The van der Waals surface area contributed by atoms with Gasteiger partial charge in [0, 0.05) is 12.1 Å². The molecular weight excluding hydrogens is 214 g/mol. The van der Waals surface area contributed by atoms with Crippen LogP contribution in [0.3, 0.4) is 0 Å². The van der Waals surface area contributed by atoms with Gasteiger partial charge in [0.05, 0.1) is 6.54 Å². The van der Waals surface area contributed by atoms with Crippen molar-refractivity contribution < 1.29 is 9.90 Å². The van der Waals surface area contributed by atoms with Crippen LogP contribution >= 0.6 is 0 Å². The zero-order chi connectivity index (χ0) is 13.0. The molecule has 3 nitrogen and oxygen atoms in total. The molecule has 0 radical (unpaired) electrons. The minimum absolute atomic E-state index is 0.189. The van der Waals surface area contributed by atoms with Gasteiger partial charge in [-0.15, -0.1) is 0 Å². The molecule has 0 aromatic heterocycles. The Bertz CT molecular complexity index is 243. The summed E-state index contributed by atoms with van der Waals surface area (Å²) in [6.45, 7) is 8.97. The summed E-state index contributed by atoms with van der Waals surface area (Å²) in [4.78, 5) is 13.0. The van der Waals surface area contributed by atoms with Gasteiger partial charge in [-0.25, -0.2) is 0 Å². The summed E-state index contributed by atoms with van der Waals surface area (Å²) in [5.41, 5.74) is 0. The minimum Gasteiger partial charge on any atom is -0.480 e. The fourth-order valence-corrected chi connectivity index (χ4v) is 2.99. The Labute approximate surface area is 105 Å². The van der Waals surface area contributed by atoms with E-state index in [4.69, 9.17) is 5.11 Å². The van der Waals surface area contributed by atoms with Crippen LogP contribution in [0.1, 0.15) is 53.4 Å². The smallest absolute Gasteiger partial charge is 0.317 e.